The first kappa shape index (κ1) is 15.3. The number of nitro benzene ring substituents is 1. The number of hydrogen-bond donors (Lipinski definition) is 1. The van der Waals surface area contributed by atoms with E-state index in [0.29, 0.717) is 11.4 Å². The summed E-state index contributed by atoms with van der Waals surface area (Å²) in [6, 6.07) is 8.85. The van der Waals surface area contributed by atoms with Gasteiger partial charge in [-0.25, -0.2) is 0 Å². The molecule has 21 heavy (non-hydrogen) atoms. The topological polar surface area (TPSA) is 64.4 Å². The molecule has 0 aliphatic carbocycles. The van der Waals surface area contributed by atoms with E-state index in [0.717, 1.165) is 12.8 Å². The van der Waals surface area contributed by atoms with Crippen LogP contribution in [0.5, 0.6) is 5.75 Å². The van der Waals surface area contributed by atoms with Gasteiger partial charge in [-0.1, -0.05) is 19.4 Å². The zero-order chi connectivity index (χ0) is 15.2. The number of thiophene rings is 1. The molecule has 1 aromatic carbocycles. The molecule has 0 fully saturated rings. The van der Waals surface area contributed by atoms with Crippen LogP contribution in [0, 0.1) is 10.1 Å². The van der Waals surface area contributed by atoms with Crippen LogP contribution in [0.15, 0.2) is 35.7 Å². The van der Waals surface area contributed by atoms with E-state index in [4.69, 9.17) is 4.74 Å². The first-order valence-corrected chi connectivity index (χ1v) is 7.66. The van der Waals surface area contributed by atoms with Gasteiger partial charge in [0.1, 0.15) is 11.4 Å². The molecule has 2 rings (SSSR count). The predicted octanol–water partition coefficient (Wildman–Crippen LogP) is 4.62. The molecular formula is C15H18N2O3S. The van der Waals surface area contributed by atoms with Crippen LogP contribution >= 0.6 is 11.3 Å². The highest BCUT2D eigenvalue weighted by atomic mass is 32.1. The summed E-state index contributed by atoms with van der Waals surface area (Å²) in [7, 11) is 1.55. The molecule has 1 unspecified atom stereocenters. The lowest BCUT2D eigenvalue weighted by atomic mass is 10.1. The Labute approximate surface area is 127 Å². The lowest BCUT2D eigenvalue weighted by molar-refractivity contribution is -0.384. The molecule has 0 spiro atoms. The van der Waals surface area contributed by atoms with E-state index in [2.05, 4.69) is 12.2 Å². The van der Waals surface area contributed by atoms with E-state index in [1.165, 1.54) is 10.9 Å². The highest BCUT2D eigenvalue weighted by Gasteiger charge is 2.19. The van der Waals surface area contributed by atoms with Crippen molar-refractivity contribution >= 4 is 22.7 Å². The zero-order valence-corrected chi connectivity index (χ0v) is 12.9. The van der Waals surface area contributed by atoms with Gasteiger partial charge in [0, 0.05) is 17.0 Å². The molecule has 1 heterocycles. The Kier molecular flexibility index (Phi) is 5.16. The number of benzene rings is 1. The van der Waals surface area contributed by atoms with Crippen LogP contribution in [0.2, 0.25) is 0 Å². The van der Waals surface area contributed by atoms with Crippen LogP contribution in [0.3, 0.4) is 0 Å². The Morgan fingerprint density at radius 2 is 2.24 bits per heavy atom. The fourth-order valence-electron chi connectivity index (χ4n) is 2.17. The van der Waals surface area contributed by atoms with E-state index in [1.54, 1.807) is 30.6 Å². The molecule has 5 nitrogen and oxygen atoms in total. The Morgan fingerprint density at radius 1 is 1.43 bits per heavy atom. The van der Waals surface area contributed by atoms with Gasteiger partial charge in [0.05, 0.1) is 18.1 Å². The van der Waals surface area contributed by atoms with E-state index in [9.17, 15) is 10.1 Å². The fourth-order valence-corrected chi connectivity index (χ4v) is 2.98. The molecule has 1 aromatic heterocycles. The summed E-state index contributed by atoms with van der Waals surface area (Å²) in [4.78, 5) is 12.0. The van der Waals surface area contributed by atoms with E-state index < -0.39 is 0 Å². The lowest BCUT2D eigenvalue weighted by Crippen LogP contribution is -2.10. The van der Waals surface area contributed by atoms with Gasteiger partial charge in [-0.15, -0.1) is 11.3 Å². The summed E-state index contributed by atoms with van der Waals surface area (Å²) in [6.45, 7) is 2.10. The molecule has 1 N–H and O–H groups in total. The number of methoxy groups -OCH3 is 1. The molecule has 0 saturated carbocycles. The predicted molar refractivity (Wildman–Crippen MR) is 85.2 cm³/mol. The highest BCUT2D eigenvalue weighted by molar-refractivity contribution is 7.10. The number of anilines is 1. The van der Waals surface area contributed by atoms with Crippen molar-refractivity contribution in [1.82, 2.24) is 0 Å². The number of nitro groups is 1. The average molecular weight is 306 g/mol. The van der Waals surface area contributed by atoms with Crippen molar-refractivity contribution in [3.63, 3.8) is 0 Å². The van der Waals surface area contributed by atoms with Gasteiger partial charge < -0.3 is 10.1 Å². The average Bonchev–Trinajstić information content (AvgIpc) is 3.00. The first-order chi connectivity index (χ1) is 10.2. The molecule has 0 bridgehead atoms. The molecular weight excluding hydrogens is 288 g/mol. The molecule has 2 aromatic rings. The first-order valence-electron chi connectivity index (χ1n) is 6.78. The van der Waals surface area contributed by atoms with Crippen molar-refractivity contribution in [2.45, 2.75) is 25.8 Å². The van der Waals surface area contributed by atoms with Crippen LogP contribution in [0.4, 0.5) is 11.4 Å². The van der Waals surface area contributed by atoms with Crippen LogP contribution in [-0.4, -0.2) is 12.0 Å². The van der Waals surface area contributed by atoms with Crippen molar-refractivity contribution in [1.29, 1.82) is 0 Å². The van der Waals surface area contributed by atoms with Gasteiger partial charge in [0.15, 0.2) is 0 Å². The number of rotatable bonds is 7. The number of nitrogens with one attached hydrogen (secondary N) is 1. The van der Waals surface area contributed by atoms with Crippen molar-refractivity contribution in [2.75, 3.05) is 12.4 Å². The van der Waals surface area contributed by atoms with Gasteiger partial charge in [-0.3, -0.25) is 10.1 Å². The SMILES string of the molecule is CCCC(Nc1cc(OC)ccc1[N+](=O)[O-])c1cccs1. The molecule has 0 amide bonds. The van der Waals surface area contributed by atoms with E-state index >= 15 is 0 Å². The monoisotopic (exact) mass is 306 g/mol. The summed E-state index contributed by atoms with van der Waals surface area (Å²) in [6.07, 6.45) is 1.90. The lowest BCUT2D eigenvalue weighted by Gasteiger charge is -2.18. The van der Waals surface area contributed by atoms with E-state index in [-0.39, 0.29) is 16.7 Å². The smallest absolute Gasteiger partial charge is 0.292 e. The van der Waals surface area contributed by atoms with Crippen molar-refractivity contribution in [3.05, 3.63) is 50.7 Å². The molecule has 6 heteroatoms. The van der Waals surface area contributed by atoms with Crippen LogP contribution in [-0.2, 0) is 0 Å². The standard InChI is InChI=1S/C15H18N2O3S/c1-3-5-12(15-6-4-9-21-15)16-13-10-11(20-2)7-8-14(13)17(18)19/h4,6-10,12,16H,3,5H2,1-2H3. The molecule has 112 valence electrons. The maximum atomic E-state index is 11.2. The second-order valence-corrected chi connectivity index (χ2v) is 5.62. The number of ether oxygens (including phenoxy) is 1. The fraction of sp³-hybridized carbons (Fsp3) is 0.333. The summed E-state index contributed by atoms with van der Waals surface area (Å²) < 4.78 is 5.16. The largest absolute Gasteiger partial charge is 0.497 e. The number of nitrogens with zero attached hydrogens (tertiary/aromatic N) is 1. The summed E-state index contributed by atoms with van der Waals surface area (Å²) >= 11 is 1.65. The van der Waals surface area contributed by atoms with Crippen LogP contribution in [0.25, 0.3) is 0 Å². The third-order valence-corrected chi connectivity index (χ3v) is 4.18. The summed E-state index contributed by atoms with van der Waals surface area (Å²) in [5.74, 6) is 0.601. The summed E-state index contributed by atoms with van der Waals surface area (Å²) in [5, 5.41) is 16.5. The zero-order valence-electron chi connectivity index (χ0n) is 12.0. The Balaban J connectivity index is 2.32. The van der Waals surface area contributed by atoms with Gasteiger partial charge >= 0.3 is 0 Å². The summed E-state index contributed by atoms with van der Waals surface area (Å²) in [5.41, 5.74) is 0.555. The van der Waals surface area contributed by atoms with Crippen LogP contribution < -0.4 is 10.1 Å². The van der Waals surface area contributed by atoms with Gasteiger partial charge in [0.2, 0.25) is 0 Å². The molecule has 0 saturated heterocycles. The Hall–Kier alpha value is -2.08. The minimum absolute atomic E-state index is 0.0634. The number of hydrogen-bond acceptors (Lipinski definition) is 5. The third-order valence-electron chi connectivity index (χ3n) is 3.19. The van der Waals surface area contributed by atoms with Gasteiger partial charge in [-0.2, -0.15) is 0 Å². The Bertz CT molecular complexity index is 599. The molecule has 0 radical (unpaired) electrons. The van der Waals surface area contributed by atoms with Gasteiger partial charge in [-0.05, 0) is 23.9 Å². The highest BCUT2D eigenvalue weighted by Crippen LogP contribution is 2.34. The minimum atomic E-state index is -0.376. The second-order valence-electron chi connectivity index (χ2n) is 4.64. The van der Waals surface area contributed by atoms with Crippen molar-refractivity contribution in [3.8, 4) is 5.75 Å². The van der Waals surface area contributed by atoms with E-state index in [1.807, 2.05) is 17.5 Å². The van der Waals surface area contributed by atoms with Gasteiger partial charge in [0.25, 0.3) is 5.69 Å². The molecule has 0 aliphatic rings. The van der Waals surface area contributed by atoms with Crippen LogP contribution in [0.1, 0.15) is 30.7 Å². The third kappa shape index (κ3) is 3.72. The second kappa shape index (κ2) is 7.08. The molecule has 1 atom stereocenters. The Morgan fingerprint density at radius 3 is 2.81 bits per heavy atom. The normalized spacial score (nSPS) is 11.9. The minimum Gasteiger partial charge on any atom is -0.497 e. The van der Waals surface area contributed by atoms with Crippen molar-refractivity contribution < 1.29 is 9.66 Å². The maximum absolute atomic E-state index is 11.2. The molecule has 0 aliphatic heterocycles. The maximum Gasteiger partial charge on any atom is 0.292 e. The van der Waals surface area contributed by atoms with Crippen molar-refractivity contribution in [2.24, 2.45) is 0 Å². The quantitative estimate of drug-likeness (QED) is 0.599.